The first kappa shape index (κ1) is 23.4. The van der Waals surface area contributed by atoms with Gasteiger partial charge in [0.25, 0.3) is 5.56 Å². The number of pyridine rings is 1. The van der Waals surface area contributed by atoms with Crippen LogP contribution in [0, 0.1) is 5.82 Å². The van der Waals surface area contributed by atoms with E-state index in [-0.39, 0.29) is 35.8 Å². The number of anilines is 1. The second-order valence-corrected chi connectivity index (χ2v) is 8.58. The number of nitrogens with zero attached hydrogens (tertiary/aromatic N) is 3. The number of aliphatic hydroxyl groups excluding tert-OH is 1. The number of hydrogen-bond acceptors (Lipinski definition) is 6. The van der Waals surface area contributed by atoms with Crippen molar-refractivity contribution in [3.63, 3.8) is 0 Å². The van der Waals surface area contributed by atoms with Crippen LogP contribution in [0.4, 0.5) is 10.3 Å². The molecule has 0 bridgehead atoms. The standard InChI is InChI=1S/C24H26ClFN4O3/c1-15-12-18(7-11-33-15)28-24-27-8-4-21(29-24)16-5-9-30(23(32)14-16)22(6-10-31)17-2-3-19(25)20(26)13-17/h2-5,8-9,13-15,18,22,31H,6-7,10-12H2,1H3,(H,27,28,29)/t15?,18?,22-/m1/s1. The van der Waals surface area contributed by atoms with Gasteiger partial charge in [-0.25, -0.2) is 14.4 Å². The Morgan fingerprint density at radius 2 is 2.18 bits per heavy atom. The first-order valence-corrected chi connectivity index (χ1v) is 11.3. The van der Waals surface area contributed by atoms with E-state index in [0.717, 1.165) is 12.8 Å². The molecule has 33 heavy (non-hydrogen) atoms. The molecule has 1 aliphatic rings. The van der Waals surface area contributed by atoms with Gasteiger partial charge in [0.1, 0.15) is 5.82 Å². The van der Waals surface area contributed by atoms with Gasteiger partial charge in [0.2, 0.25) is 5.95 Å². The molecule has 2 unspecified atom stereocenters. The molecule has 1 aromatic carbocycles. The fourth-order valence-corrected chi connectivity index (χ4v) is 4.23. The van der Waals surface area contributed by atoms with Crippen molar-refractivity contribution in [1.82, 2.24) is 14.5 Å². The lowest BCUT2D eigenvalue weighted by Gasteiger charge is -2.27. The Morgan fingerprint density at radius 1 is 1.33 bits per heavy atom. The summed E-state index contributed by atoms with van der Waals surface area (Å²) in [5.74, 6) is -0.0627. The molecule has 7 nitrogen and oxygen atoms in total. The van der Waals surface area contributed by atoms with Gasteiger partial charge in [0.05, 0.1) is 22.9 Å². The summed E-state index contributed by atoms with van der Waals surface area (Å²) in [4.78, 5) is 21.9. The maximum absolute atomic E-state index is 14.0. The van der Waals surface area contributed by atoms with Crippen LogP contribution in [-0.2, 0) is 4.74 Å². The van der Waals surface area contributed by atoms with Gasteiger partial charge in [-0.15, -0.1) is 0 Å². The summed E-state index contributed by atoms with van der Waals surface area (Å²) < 4.78 is 21.1. The topological polar surface area (TPSA) is 89.3 Å². The van der Waals surface area contributed by atoms with Gasteiger partial charge in [-0.2, -0.15) is 0 Å². The fourth-order valence-electron chi connectivity index (χ4n) is 4.12. The van der Waals surface area contributed by atoms with Gasteiger partial charge >= 0.3 is 0 Å². The highest BCUT2D eigenvalue weighted by molar-refractivity contribution is 6.30. The van der Waals surface area contributed by atoms with Crippen molar-refractivity contribution in [2.75, 3.05) is 18.5 Å². The van der Waals surface area contributed by atoms with E-state index in [4.69, 9.17) is 16.3 Å². The van der Waals surface area contributed by atoms with Crippen LogP contribution >= 0.6 is 11.6 Å². The Kier molecular flexibility index (Phi) is 7.37. The summed E-state index contributed by atoms with van der Waals surface area (Å²) in [5.41, 5.74) is 1.54. The van der Waals surface area contributed by atoms with Gasteiger partial charge in [0, 0.05) is 43.3 Å². The van der Waals surface area contributed by atoms with E-state index < -0.39 is 11.9 Å². The average molecular weight is 473 g/mol. The van der Waals surface area contributed by atoms with Crippen molar-refractivity contribution in [3.8, 4) is 11.3 Å². The monoisotopic (exact) mass is 472 g/mol. The Labute approximate surface area is 196 Å². The van der Waals surface area contributed by atoms with Crippen LogP contribution in [0.25, 0.3) is 11.3 Å². The number of benzene rings is 1. The van der Waals surface area contributed by atoms with Gasteiger partial charge in [-0.05, 0) is 56.0 Å². The van der Waals surface area contributed by atoms with Crippen molar-refractivity contribution >= 4 is 17.5 Å². The second-order valence-electron chi connectivity index (χ2n) is 8.18. The number of hydrogen-bond donors (Lipinski definition) is 2. The smallest absolute Gasteiger partial charge is 0.251 e. The van der Waals surface area contributed by atoms with Gasteiger partial charge in [0.15, 0.2) is 0 Å². The van der Waals surface area contributed by atoms with Gasteiger partial charge in [-0.1, -0.05) is 17.7 Å². The van der Waals surface area contributed by atoms with Crippen molar-refractivity contribution < 1.29 is 14.2 Å². The third-order valence-corrected chi connectivity index (χ3v) is 6.09. The Hall–Kier alpha value is -2.81. The number of aliphatic hydroxyl groups is 1. The van der Waals surface area contributed by atoms with E-state index >= 15 is 0 Å². The maximum Gasteiger partial charge on any atom is 0.251 e. The number of aromatic nitrogens is 3. The molecule has 4 rings (SSSR count). The highest BCUT2D eigenvalue weighted by Crippen LogP contribution is 2.26. The van der Waals surface area contributed by atoms with Gasteiger partial charge in [-0.3, -0.25) is 4.79 Å². The lowest BCUT2D eigenvalue weighted by atomic mass is 10.0. The molecule has 2 N–H and O–H groups in total. The maximum atomic E-state index is 14.0. The minimum absolute atomic E-state index is 0.00702. The van der Waals surface area contributed by atoms with Crippen molar-refractivity contribution in [3.05, 3.63) is 75.5 Å². The highest BCUT2D eigenvalue weighted by Gasteiger charge is 2.20. The molecule has 0 aliphatic carbocycles. The summed E-state index contributed by atoms with van der Waals surface area (Å²) in [6.07, 6.45) is 5.50. The lowest BCUT2D eigenvalue weighted by molar-refractivity contribution is 0.0231. The molecule has 174 valence electrons. The molecular formula is C24H26ClFN4O3. The highest BCUT2D eigenvalue weighted by atomic mass is 35.5. The first-order valence-electron chi connectivity index (χ1n) is 10.9. The molecule has 3 heterocycles. The van der Waals surface area contributed by atoms with E-state index in [1.165, 1.54) is 22.8 Å². The van der Waals surface area contributed by atoms with Crippen LogP contribution in [0.1, 0.15) is 37.8 Å². The van der Waals surface area contributed by atoms with Crippen molar-refractivity contribution in [2.24, 2.45) is 0 Å². The number of rotatable bonds is 7. The third-order valence-electron chi connectivity index (χ3n) is 5.78. The van der Waals surface area contributed by atoms with Crippen LogP contribution in [-0.4, -0.2) is 45.0 Å². The molecule has 3 atom stereocenters. The number of nitrogens with one attached hydrogen (secondary N) is 1. The molecule has 0 saturated carbocycles. The zero-order valence-corrected chi connectivity index (χ0v) is 19.0. The zero-order valence-electron chi connectivity index (χ0n) is 18.2. The summed E-state index contributed by atoms with van der Waals surface area (Å²) >= 11 is 5.79. The molecule has 9 heteroatoms. The minimum Gasteiger partial charge on any atom is -0.396 e. The van der Waals surface area contributed by atoms with E-state index in [2.05, 4.69) is 15.3 Å². The third kappa shape index (κ3) is 5.58. The normalized spacial score (nSPS) is 19.3. The van der Waals surface area contributed by atoms with E-state index in [1.54, 1.807) is 30.6 Å². The minimum atomic E-state index is -0.568. The molecule has 0 radical (unpaired) electrons. The largest absolute Gasteiger partial charge is 0.396 e. The zero-order chi connectivity index (χ0) is 23.4. The fraction of sp³-hybridized carbons (Fsp3) is 0.375. The van der Waals surface area contributed by atoms with Crippen LogP contribution in [0.2, 0.25) is 5.02 Å². The molecule has 0 spiro atoms. The van der Waals surface area contributed by atoms with Crippen LogP contribution in [0.5, 0.6) is 0 Å². The Bertz CT molecular complexity index is 1170. The average Bonchev–Trinajstić information content (AvgIpc) is 2.80. The van der Waals surface area contributed by atoms with E-state index in [9.17, 15) is 14.3 Å². The van der Waals surface area contributed by atoms with Crippen molar-refractivity contribution in [1.29, 1.82) is 0 Å². The summed E-state index contributed by atoms with van der Waals surface area (Å²) in [6.45, 7) is 2.58. The van der Waals surface area contributed by atoms with Crippen LogP contribution in [0.3, 0.4) is 0 Å². The van der Waals surface area contributed by atoms with Gasteiger partial charge < -0.3 is 19.7 Å². The molecule has 2 aromatic heterocycles. The predicted octanol–water partition coefficient (Wildman–Crippen LogP) is 4.05. The van der Waals surface area contributed by atoms with E-state index in [0.29, 0.717) is 29.4 Å². The molecule has 3 aromatic rings. The van der Waals surface area contributed by atoms with Crippen LogP contribution < -0.4 is 10.9 Å². The second kappa shape index (κ2) is 10.4. The SMILES string of the molecule is CC1CC(Nc2nccc(-c3ccn([C@H](CCO)c4ccc(Cl)c(F)c4)c(=O)c3)n2)CCO1. The molecule has 0 amide bonds. The summed E-state index contributed by atoms with van der Waals surface area (Å²) in [6, 6.07) is 9.12. The lowest BCUT2D eigenvalue weighted by Crippen LogP contribution is -2.33. The molecular weight excluding hydrogens is 447 g/mol. The number of ether oxygens (including phenoxy) is 1. The molecule has 1 saturated heterocycles. The van der Waals surface area contributed by atoms with Crippen LogP contribution in [0.15, 0.2) is 53.6 Å². The molecule has 1 fully saturated rings. The predicted molar refractivity (Wildman–Crippen MR) is 125 cm³/mol. The Morgan fingerprint density at radius 3 is 2.91 bits per heavy atom. The summed E-state index contributed by atoms with van der Waals surface area (Å²) in [7, 11) is 0. The first-order chi connectivity index (χ1) is 15.9. The quantitative estimate of drug-likeness (QED) is 0.539. The molecule has 1 aliphatic heterocycles. The Balaban J connectivity index is 1.59. The summed E-state index contributed by atoms with van der Waals surface area (Å²) in [5, 5.41) is 12.9. The van der Waals surface area contributed by atoms with E-state index in [1.807, 2.05) is 6.92 Å². The number of halogens is 2. The van der Waals surface area contributed by atoms with Crippen molar-refractivity contribution in [2.45, 2.75) is 44.4 Å².